The van der Waals surface area contributed by atoms with Crippen LogP contribution in [0.5, 0.6) is 0 Å². The van der Waals surface area contributed by atoms with Gasteiger partial charge >= 0.3 is 0 Å². The summed E-state index contributed by atoms with van der Waals surface area (Å²) in [5.41, 5.74) is 0.835. The molecule has 2 amide bonds. The zero-order valence-corrected chi connectivity index (χ0v) is 17.1. The lowest BCUT2D eigenvalue weighted by atomic mass is 9.94. The van der Waals surface area contributed by atoms with Gasteiger partial charge in [0.05, 0.1) is 5.88 Å². The zero-order chi connectivity index (χ0) is 19.2. The Morgan fingerprint density at radius 2 is 1.96 bits per heavy atom. The lowest BCUT2D eigenvalue weighted by Crippen LogP contribution is -2.50. The Kier molecular flexibility index (Phi) is 7.53. The summed E-state index contributed by atoms with van der Waals surface area (Å²) in [7, 11) is 2.09. The molecule has 1 heterocycles. The van der Waals surface area contributed by atoms with Gasteiger partial charge in [0.25, 0.3) is 0 Å². The van der Waals surface area contributed by atoms with Gasteiger partial charge in [0, 0.05) is 24.3 Å². The fraction of sp³-hybridized carbons (Fsp3) is 0.600. The summed E-state index contributed by atoms with van der Waals surface area (Å²) < 4.78 is 0. The van der Waals surface area contributed by atoms with E-state index in [1.165, 1.54) is 5.56 Å². The second-order valence-electron chi connectivity index (χ2n) is 7.91. The number of carbonyl (C=O) groups excluding carboxylic acids is 2. The van der Waals surface area contributed by atoms with Gasteiger partial charge in [0.1, 0.15) is 6.04 Å². The van der Waals surface area contributed by atoms with Gasteiger partial charge in [-0.25, -0.2) is 0 Å². The Morgan fingerprint density at radius 3 is 2.62 bits per heavy atom. The van der Waals surface area contributed by atoms with E-state index < -0.39 is 5.41 Å². The molecular formula is C20H31N3O2S. The maximum atomic E-state index is 12.5. The number of carbonyl (C=O) groups is 2. The Hall–Kier alpha value is -1.53. The van der Waals surface area contributed by atoms with Crippen LogP contribution in [0.25, 0.3) is 0 Å². The number of nitrogens with zero attached hydrogens (tertiary/aromatic N) is 2. The fourth-order valence-electron chi connectivity index (χ4n) is 2.94. The summed E-state index contributed by atoms with van der Waals surface area (Å²) in [5, 5.41) is 3.01. The maximum Gasteiger partial charge on any atom is 0.243 e. The number of hydrogen-bond acceptors (Lipinski definition) is 4. The Bertz CT molecular complexity index is 601. The van der Waals surface area contributed by atoms with Crippen molar-refractivity contribution in [3.63, 3.8) is 0 Å². The van der Waals surface area contributed by atoms with Crippen LogP contribution in [-0.2, 0) is 16.1 Å². The predicted octanol–water partition coefficient (Wildman–Crippen LogP) is 2.57. The van der Waals surface area contributed by atoms with Gasteiger partial charge in [0.2, 0.25) is 11.8 Å². The highest BCUT2D eigenvalue weighted by atomic mass is 32.2. The number of nitrogens with one attached hydrogen (secondary N) is 1. The first-order valence-electron chi connectivity index (χ1n) is 9.18. The van der Waals surface area contributed by atoms with Crippen LogP contribution in [0.1, 0.15) is 32.8 Å². The van der Waals surface area contributed by atoms with Crippen molar-refractivity contribution in [2.75, 3.05) is 31.8 Å². The van der Waals surface area contributed by atoms with Crippen molar-refractivity contribution >= 4 is 23.6 Å². The smallest absolute Gasteiger partial charge is 0.243 e. The average Bonchev–Trinajstić information content (AvgIpc) is 3.07. The van der Waals surface area contributed by atoms with Gasteiger partial charge in [-0.05, 0) is 25.6 Å². The number of amides is 2. The summed E-state index contributed by atoms with van der Waals surface area (Å²) in [4.78, 5) is 29.0. The van der Waals surface area contributed by atoms with Crippen LogP contribution >= 0.6 is 11.8 Å². The average molecular weight is 378 g/mol. The third kappa shape index (κ3) is 6.02. The number of hydrogen-bond donors (Lipinski definition) is 1. The summed E-state index contributed by atoms with van der Waals surface area (Å²) in [6.07, 6.45) is 0.891. The number of benzene rings is 1. The molecular weight excluding hydrogens is 346 g/mol. The van der Waals surface area contributed by atoms with Crippen molar-refractivity contribution in [2.45, 2.75) is 39.8 Å². The molecule has 0 saturated carbocycles. The first-order chi connectivity index (χ1) is 12.3. The van der Waals surface area contributed by atoms with Crippen LogP contribution < -0.4 is 5.32 Å². The van der Waals surface area contributed by atoms with Crippen LogP contribution in [0.15, 0.2) is 30.3 Å². The van der Waals surface area contributed by atoms with Crippen molar-refractivity contribution in [1.82, 2.24) is 15.1 Å². The molecule has 5 nitrogen and oxygen atoms in total. The van der Waals surface area contributed by atoms with Crippen molar-refractivity contribution in [2.24, 2.45) is 5.41 Å². The van der Waals surface area contributed by atoms with Gasteiger partial charge in [-0.15, -0.1) is 11.8 Å². The van der Waals surface area contributed by atoms with E-state index in [0.29, 0.717) is 18.2 Å². The van der Waals surface area contributed by atoms with Crippen LogP contribution in [0, 0.1) is 5.41 Å². The third-order valence-electron chi connectivity index (χ3n) is 4.40. The van der Waals surface area contributed by atoms with E-state index in [2.05, 4.69) is 29.4 Å². The van der Waals surface area contributed by atoms with Crippen LogP contribution in [0.4, 0.5) is 0 Å². The maximum absolute atomic E-state index is 12.5. The molecule has 0 radical (unpaired) electrons. The highest BCUT2D eigenvalue weighted by molar-refractivity contribution is 7.99. The number of thioether (sulfide) groups is 1. The normalized spacial score (nSPS) is 17.6. The molecule has 1 fully saturated rings. The number of rotatable bonds is 7. The summed E-state index contributed by atoms with van der Waals surface area (Å²) in [5.74, 6) is 1.30. The summed E-state index contributed by atoms with van der Waals surface area (Å²) in [6, 6.07) is 10.0. The summed E-state index contributed by atoms with van der Waals surface area (Å²) >= 11 is 1.64. The first-order valence-corrected chi connectivity index (χ1v) is 10.3. The zero-order valence-electron chi connectivity index (χ0n) is 16.3. The monoisotopic (exact) mass is 377 g/mol. The minimum absolute atomic E-state index is 0.0293. The van der Waals surface area contributed by atoms with Crippen molar-refractivity contribution < 1.29 is 9.59 Å². The van der Waals surface area contributed by atoms with E-state index in [4.69, 9.17) is 0 Å². The van der Waals surface area contributed by atoms with Crippen LogP contribution in [0.3, 0.4) is 0 Å². The highest BCUT2D eigenvalue weighted by Gasteiger charge is 2.38. The van der Waals surface area contributed by atoms with Crippen LogP contribution in [0.2, 0.25) is 0 Å². The van der Waals surface area contributed by atoms with Crippen LogP contribution in [-0.4, -0.2) is 59.4 Å². The molecule has 1 aromatic carbocycles. The second-order valence-corrected chi connectivity index (χ2v) is 8.91. The predicted molar refractivity (Wildman–Crippen MR) is 108 cm³/mol. The molecule has 0 aliphatic carbocycles. The van der Waals surface area contributed by atoms with E-state index >= 15 is 0 Å². The van der Waals surface area contributed by atoms with Crippen molar-refractivity contribution in [3.05, 3.63) is 35.9 Å². The standard InChI is InChI=1S/C20H31N3O2S/c1-20(2,3)19(25)23-15-26-14-17(23)18(24)21-11-8-12-22(4)13-16-9-6-5-7-10-16/h5-7,9-10,17H,8,11-15H2,1-4H3,(H,21,24). The van der Waals surface area contributed by atoms with Gasteiger partial charge in [0.15, 0.2) is 0 Å². The Labute approximate surface area is 161 Å². The largest absolute Gasteiger partial charge is 0.354 e. The summed E-state index contributed by atoms with van der Waals surface area (Å²) in [6.45, 7) is 8.15. The first kappa shape index (κ1) is 20.8. The molecule has 2 rings (SSSR count). The second kappa shape index (κ2) is 9.42. The van der Waals surface area contributed by atoms with Crippen molar-refractivity contribution in [1.29, 1.82) is 0 Å². The van der Waals surface area contributed by atoms with E-state index in [1.807, 2.05) is 39.0 Å². The lowest BCUT2D eigenvalue weighted by molar-refractivity contribution is -0.144. The topological polar surface area (TPSA) is 52.7 Å². The molecule has 1 saturated heterocycles. The van der Waals surface area contributed by atoms with E-state index in [0.717, 1.165) is 19.5 Å². The molecule has 1 aliphatic rings. The molecule has 0 aromatic heterocycles. The van der Waals surface area contributed by atoms with E-state index in [1.54, 1.807) is 16.7 Å². The minimum Gasteiger partial charge on any atom is -0.354 e. The molecule has 0 spiro atoms. The van der Waals surface area contributed by atoms with Crippen molar-refractivity contribution in [3.8, 4) is 0 Å². The minimum atomic E-state index is -0.455. The molecule has 0 bridgehead atoms. The molecule has 6 heteroatoms. The Morgan fingerprint density at radius 1 is 1.27 bits per heavy atom. The quantitative estimate of drug-likeness (QED) is 0.742. The van der Waals surface area contributed by atoms with E-state index in [-0.39, 0.29) is 17.9 Å². The molecule has 1 N–H and O–H groups in total. The molecule has 26 heavy (non-hydrogen) atoms. The van der Waals surface area contributed by atoms with E-state index in [9.17, 15) is 9.59 Å². The van der Waals surface area contributed by atoms with Gasteiger partial charge in [-0.3, -0.25) is 9.59 Å². The van der Waals surface area contributed by atoms with Gasteiger partial charge in [-0.2, -0.15) is 0 Å². The Balaban J connectivity index is 1.72. The molecule has 144 valence electrons. The lowest BCUT2D eigenvalue weighted by Gasteiger charge is -2.29. The molecule has 1 aromatic rings. The molecule has 1 aliphatic heterocycles. The fourth-order valence-corrected chi connectivity index (χ4v) is 4.10. The molecule has 1 unspecified atom stereocenters. The third-order valence-corrected chi connectivity index (χ3v) is 5.41. The highest BCUT2D eigenvalue weighted by Crippen LogP contribution is 2.27. The SMILES string of the molecule is CN(CCCNC(=O)C1CSCN1C(=O)C(C)(C)C)Cc1ccccc1. The molecule has 1 atom stereocenters. The van der Waals surface area contributed by atoms with Gasteiger partial charge in [-0.1, -0.05) is 51.1 Å². The van der Waals surface area contributed by atoms with Gasteiger partial charge < -0.3 is 15.1 Å².